The summed E-state index contributed by atoms with van der Waals surface area (Å²) in [6, 6.07) is 4.52. The molecule has 0 aromatic heterocycles. The number of carbonyl (C=O) groups is 1. The van der Waals surface area contributed by atoms with Crippen LogP contribution in [-0.2, 0) is 11.3 Å². The Bertz CT molecular complexity index is 518. The summed E-state index contributed by atoms with van der Waals surface area (Å²) in [5.41, 5.74) is 5.37. The third kappa shape index (κ3) is 3.83. The summed E-state index contributed by atoms with van der Waals surface area (Å²) < 4.78 is 0. The van der Waals surface area contributed by atoms with Gasteiger partial charge in [-0.2, -0.15) is 0 Å². The molecule has 1 saturated heterocycles. The van der Waals surface area contributed by atoms with Crippen molar-refractivity contribution in [3.05, 3.63) is 34.4 Å². The van der Waals surface area contributed by atoms with E-state index < -0.39 is 6.10 Å². The van der Waals surface area contributed by atoms with Crippen LogP contribution in [0.2, 0.25) is 0 Å². The van der Waals surface area contributed by atoms with Crippen molar-refractivity contribution in [2.24, 2.45) is 0 Å². The van der Waals surface area contributed by atoms with Crippen LogP contribution in [-0.4, -0.2) is 53.1 Å². The number of hydrogen-bond acceptors (Lipinski definition) is 3. The van der Waals surface area contributed by atoms with E-state index in [0.29, 0.717) is 13.1 Å². The third-order valence-corrected chi connectivity index (χ3v) is 4.39. The van der Waals surface area contributed by atoms with Crippen molar-refractivity contribution in [3.8, 4) is 0 Å². The molecule has 1 atom stereocenters. The molecule has 0 radical (unpaired) electrons. The Morgan fingerprint density at radius 1 is 1.10 bits per heavy atom. The number of rotatable bonds is 3. The van der Waals surface area contributed by atoms with Crippen LogP contribution in [0.4, 0.5) is 0 Å². The molecule has 0 aliphatic carbocycles. The maximum Gasteiger partial charge on any atom is 0.251 e. The highest BCUT2D eigenvalue weighted by Crippen LogP contribution is 2.18. The lowest BCUT2D eigenvalue weighted by Crippen LogP contribution is -2.50. The second kappa shape index (κ2) is 6.58. The Morgan fingerprint density at radius 3 is 2.24 bits per heavy atom. The number of aryl methyl sites for hydroxylation is 3. The third-order valence-electron chi connectivity index (χ3n) is 4.39. The van der Waals surface area contributed by atoms with E-state index in [4.69, 9.17) is 0 Å². The zero-order valence-corrected chi connectivity index (χ0v) is 13.5. The van der Waals surface area contributed by atoms with E-state index in [-0.39, 0.29) is 5.91 Å². The summed E-state index contributed by atoms with van der Waals surface area (Å²) in [5, 5.41) is 9.36. The van der Waals surface area contributed by atoms with Crippen molar-refractivity contribution < 1.29 is 9.90 Å². The smallest absolute Gasteiger partial charge is 0.251 e. The fourth-order valence-corrected chi connectivity index (χ4v) is 2.82. The molecule has 1 heterocycles. The normalized spacial score (nSPS) is 17.9. The minimum Gasteiger partial charge on any atom is -0.384 e. The fraction of sp³-hybridized carbons (Fsp3) is 0.588. The molecule has 4 heteroatoms. The average Bonchev–Trinajstić information content (AvgIpc) is 2.44. The molecule has 1 fully saturated rings. The molecule has 4 nitrogen and oxygen atoms in total. The second-order valence-electron chi connectivity index (χ2n) is 6.14. The molecule has 1 amide bonds. The highest BCUT2D eigenvalue weighted by atomic mass is 16.3. The Labute approximate surface area is 127 Å². The lowest BCUT2D eigenvalue weighted by atomic mass is 10.0. The van der Waals surface area contributed by atoms with Gasteiger partial charge in [0.25, 0.3) is 5.91 Å². The van der Waals surface area contributed by atoms with Crippen LogP contribution in [0.3, 0.4) is 0 Å². The summed E-state index contributed by atoms with van der Waals surface area (Å²) in [5.74, 6) is -0.156. The van der Waals surface area contributed by atoms with Gasteiger partial charge in [-0.3, -0.25) is 9.69 Å². The topological polar surface area (TPSA) is 43.8 Å². The van der Waals surface area contributed by atoms with Gasteiger partial charge < -0.3 is 10.0 Å². The first-order valence-electron chi connectivity index (χ1n) is 7.64. The zero-order valence-electron chi connectivity index (χ0n) is 13.5. The van der Waals surface area contributed by atoms with Gasteiger partial charge in [-0.1, -0.05) is 12.1 Å². The van der Waals surface area contributed by atoms with Crippen molar-refractivity contribution in [2.45, 2.75) is 40.3 Å². The van der Waals surface area contributed by atoms with E-state index in [9.17, 15) is 9.90 Å². The molecule has 1 unspecified atom stereocenters. The summed E-state index contributed by atoms with van der Waals surface area (Å²) in [4.78, 5) is 15.9. The predicted molar refractivity (Wildman–Crippen MR) is 84.2 cm³/mol. The summed E-state index contributed by atoms with van der Waals surface area (Å²) >= 11 is 0. The SMILES string of the molecule is Cc1cc(C)c(CN2CCN(C(=O)C(C)O)CC2)cc1C. The first kappa shape index (κ1) is 16.0. The second-order valence-corrected chi connectivity index (χ2v) is 6.14. The molecule has 21 heavy (non-hydrogen) atoms. The molecule has 0 bridgehead atoms. The van der Waals surface area contributed by atoms with Crippen molar-refractivity contribution in [3.63, 3.8) is 0 Å². The maximum absolute atomic E-state index is 11.8. The lowest BCUT2D eigenvalue weighted by Gasteiger charge is -2.35. The largest absolute Gasteiger partial charge is 0.384 e. The molecule has 0 saturated carbocycles. The quantitative estimate of drug-likeness (QED) is 0.920. The number of nitrogens with zero attached hydrogens (tertiary/aromatic N) is 2. The van der Waals surface area contributed by atoms with Gasteiger partial charge in [-0.05, 0) is 49.9 Å². The number of piperazine rings is 1. The van der Waals surface area contributed by atoms with Crippen LogP contribution in [0.15, 0.2) is 12.1 Å². The molecule has 1 N–H and O–H groups in total. The fourth-order valence-electron chi connectivity index (χ4n) is 2.82. The van der Waals surface area contributed by atoms with E-state index >= 15 is 0 Å². The molecule has 1 aliphatic heterocycles. The van der Waals surface area contributed by atoms with Gasteiger partial charge in [-0.25, -0.2) is 0 Å². The van der Waals surface area contributed by atoms with E-state index in [1.54, 1.807) is 4.90 Å². The van der Waals surface area contributed by atoms with Gasteiger partial charge in [-0.15, -0.1) is 0 Å². The van der Waals surface area contributed by atoms with Crippen molar-refractivity contribution >= 4 is 5.91 Å². The maximum atomic E-state index is 11.8. The van der Waals surface area contributed by atoms with Crippen molar-refractivity contribution in [1.29, 1.82) is 0 Å². The number of carbonyl (C=O) groups excluding carboxylic acids is 1. The number of benzene rings is 1. The molecule has 1 aromatic carbocycles. The van der Waals surface area contributed by atoms with Gasteiger partial charge in [0.1, 0.15) is 6.10 Å². The molecular weight excluding hydrogens is 264 g/mol. The van der Waals surface area contributed by atoms with Crippen LogP contribution in [0.25, 0.3) is 0 Å². The van der Waals surface area contributed by atoms with Crippen LogP contribution in [0.5, 0.6) is 0 Å². The standard InChI is InChI=1S/C17H26N2O2/c1-12-9-14(3)16(10-13(12)2)11-18-5-7-19(8-6-18)17(21)15(4)20/h9-10,15,20H,5-8,11H2,1-4H3. The molecule has 1 aliphatic rings. The van der Waals surface area contributed by atoms with Crippen molar-refractivity contribution in [1.82, 2.24) is 9.80 Å². The monoisotopic (exact) mass is 290 g/mol. The lowest BCUT2D eigenvalue weighted by molar-refractivity contribution is -0.141. The zero-order chi connectivity index (χ0) is 15.6. The van der Waals surface area contributed by atoms with Crippen molar-refractivity contribution in [2.75, 3.05) is 26.2 Å². The molecule has 1 aromatic rings. The van der Waals surface area contributed by atoms with Gasteiger partial charge >= 0.3 is 0 Å². The van der Waals surface area contributed by atoms with Gasteiger partial charge in [0, 0.05) is 32.7 Å². The Hall–Kier alpha value is -1.39. The molecule has 2 rings (SSSR count). The minimum absolute atomic E-state index is 0.156. The van der Waals surface area contributed by atoms with Gasteiger partial charge in [0.2, 0.25) is 0 Å². The Balaban J connectivity index is 1.95. The Kier molecular flexibility index (Phi) is 5.01. The number of aliphatic hydroxyl groups excluding tert-OH is 1. The molecule has 0 spiro atoms. The minimum atomic E-state index is -0.890. The van der Waals surface area contributed by atoms with Gasteiger partial charge in [0.05, 0.1) is 0 Å². The van der Waals surface area contributed by atoms with Crippen LogP contribution in [0, 0.1) is 20.8 Å². The Morgan fingerprint density at radius 2 is 1.67 bits per heavy atom. The number of aliphatic hydroxyl groups is 1. The highest BCUT2D eigenvalue weighted by molar-refractivity contribution is 5.80. The summed E-state index contributed by atoms with van der Waals surface area (Å²) in [6.45, 7) is 12.1. The van der Waals surface area contributed by atoms with E-state index in [0.717, 1.165) is 19.6 Å². The van der Waals surface area contributed by atoms with Crippen LogP contribution in [0.1, 0.15) is 29.2 Å². The van der Waals surface area contributed by atoms with E-state index in [2.05, 4.69) is 37.8 Å². The van der Waals surface area contributed by atoms with Crippen LogP contribution >= 0.6 is 0 Å². The van der Waals surface area contributed by atoms with Crippen LogP contribution < -0.4 is 0 Å². The van der Waals surface area contributed by atoms with E-state index in [1.165, 1.54) is 29.2 Å². The average molecular weight is 290 g/mol. The summed E-state index contributed by atoms with van der Waals surface area (Å²) in [7, 11) is 0. The van der Waals surface area contributed by atoms with E-state index in [1.807, 2.05) is 0 Å². The number of hydrogen-bond donors (Lipinski definition) is 1. The number of amides is 1. The predicted octanol–water partition coefficient (Wildman–Crippen LogP) is 1.64. The molecule has 116 valence electrons. The summed E-state index contributed by atoms with van der Waals surface area (Å²) in [6.07, 6.45) is -0.890. The van der Waals surface area contributed by atoms with Gasteiger partial charge in [0.15, 0.2) is 0 Å². The highest BCUT2D eigenvalue weighted by Gasteiger charge is 2.23. The molecular formula is C17H26N2O2. The first-order chi connectivity index (χ1) is 9.88. The first-order valence-corrected chi connectivity index (χ1v) is 7.64.